The van der Waals surface area contributed by atoms with Crippen molar-refractivity contribution in [3.63, 3.8) is 0 Å². The predicted molar refractivity (Wildman–Crippen MR) is 83.0 cm³/mol. The fourth-order valence-corrected chi connectivity index (χ4v) is 2.00. The first-order chi connectivity index (χ1) is 10.0. The van der Waals surface area contributed by atoms with Gasteiger partial charge in [-0.15, -0.1) is 0 Å². The average Bonchev–Trinajstić information content (AvgIpc) is 2.46. The summed E-state index contributed by atoms with van der Waals surface area (Å²) >= 11 is 0. The topological polar surface area (TPSA) is 70.9 Å². The molecule has 1 unspecified atom stereocenters. The zero-order chi connectivity index (χ0) is 15.7. The van der Waals surface area contributed by atoms with Gasteiger partial charge in [-0.05, 0) is 38.0 Å². The van der Waals surface area contributed by atoms with Gasteiger partial charge in [-0.1, -0.05) is 30.6 Å². The molecule has 0 aliphatic carbocycles. The number of ether oxygens (including phenoxy) is 1. The molecular formula is C16H24N2O3. The first-order valence-corrected chi connectivity index (χ1v) is 7.23. The molecule has 0 radical (unpaired) electrons. The molecule has 0 bridgehead atoms. The Kier molecular flexibility index (Phi) is 7.29. The number of nitrogens with one attached hydrogen (secondary N) is 1. The van der Waals surface area contributed by atoms with Gasteiger partial charge >= 0.3 is 0 Å². The quantitative estimate of drug-likeness (QED) is 0.440. The lowest BCUT2D eigenvalue weighted by molar-refractivity contribution is -0.123. The van der Waals surface area contributed by atoms with E-state index < -0.39 is 0 Å². The Bertz CT molecular complexity index is 469. The van der Waals surface area contributed by atoms with Gasteiger partial charge < -0.3 is 15.3 Å². The van der Waals surface area contributed by atoms with Crippen LogP contribution in [0.3, 0.4) is 0 Å². The monoisotopic (exact) mass is 292 g/mol. The van der Waals surface area contributed by atoms with Gasteiger partial charge in [-0.25, -0.2) is 0 Å². The van der Waals surface area contributed by atoms with Gasteiger partial charge in [-0.2, -0.15) is 0 Å². The van der Waals surface area contributed by atoms with E-state index in [0.717, 1.165) is 18.4 Å². The molecular weight excluding hydrogens is 268 g/mol. The number of hydrogen-bond donors (Lipinski definition) is 2. The van der Waals surface area contributed by atoms with E-state index in [9.17, 15) is 4.79 Å². The van der Waals surface area contributed by atoms with E-state index in [-0.39, 0.29) is 18.6 Å². The molecule has 5 heteroatoms. The third-order valence-corrected chi connectivity index (χ3v) is 3.05. The van der Waals surface area contributed by atoms with Gasteiger partial charge in [0.2, 0.25) is 0 Å². The van der Waals surface area contributed by atoms with Gasteiger partial charge in [0.1, 0.15) is 5.75 Å². The number of nitrogens with zero attached hydrogens (tertiary/aromatic N) is 1. The zero-order valence-electron chi connectivity index (χ0n) is 12.9. The normalized spacial score (nSPS) is 12.8. The molecule has 116 valence electrons. The molecule has 0 heterocycles. The average molecular weight is 292 g/mol. The Labute approximate surface area is 126 Å². The molecule has 0 spiro atoms. The number of rotatable bonds is 8. The number of amides is 1. The molecule has 0 saturated carbocycles. The number of oxime groups is 1. The Morgan fingerprint density at radius 2 is 2.05 bits per heavy atom. The van der Waals surface area contributed by atoms with Crippen LogP contribution < -0.4 is 10.1 Å². The van der Waals surface area contributed by atoms with E-state index in [2.05, 4.69) is 17.4 Å². The Balaban J connectivity index is 2.40. The highest BCUT2D eigenvalue weighted by Gasteiger charge is 2.07. The van der Waals surface area contributed by atoms with Gasteiger partial charge in [-0.3, -0.25) is 4.79 Å². The molecule has 1 atom stereocenters. The summed E-state index contributed by atoms with van der Waals surface area (Å²) in [7, 11) is 0. The lowest BCUT2D eigenvalue weighted by Gasteiger charge is -2.13. The lowest BCUT2D eigenvalue weighted by atomic mass is 10.1. The van der Waals surface area contributed by atoms with Crippen LogP contribution in [0.15, 0.2) is 29.4 Å². The standard InChI is InChI=1S/C16H24N2O3/c1-4-5-12(2)17-16(19)11-21-15-8-6-14(7-9-15)10-13(3)18-20/h6-9,12,20H,4-5,10-11H2,1-3H3,(H,17,19)/b18-13+. The van der Waals surface area contributed by atoms with E-state index in [0.29, 0.717) is 17.9 Å². The molecule has 0 aliphatic heterocycles. The SMILES string of the molecule is CCCC(C)NC(=O)COc1ccc(C/C(C)=N/O)cc1. The third kappa shape index (κ3) is 6.79. The molecule has 0 fully saturated rings. The summed E-state index contributed by atoms with van der Waals surface area (Å²) in [6.45, 7) is 5.85. The summed E-state index contributed by atoms with van der Waals surface area (Å²) < 4.78 is 5.44. The van der Waals surface area contributed by atoms with E-state index in [1.54, 1.807) is 6.92 Å². The predicted octanol–water partition coefficient (Wildman–Crippen LogP) is 2.76. The van der Waals surface area contributed by atoms with Crippen molar-refractivity contribution in [1.82, 2.24) is 5.32 Å². The van der Waals surface area contributed by atoms with Gasteiger partial charge in [0.15, 0.2) is 6.61 Å². The molecule has 1 amide bonds. The maximum Gasteiger partial charge on any atom is 0.258 e. The second-order valence-electron chi connectivity index (χ2n) is 5.20. The molecule has 21 heavy (non-hydrogen) atoms. The van der Waals surface area contributed by atoms with Crippen LogP contribution in [-0.4, -0.2) is 29.5 Å². The van der Waals surface area contributed by atoms with E-state index in [1.165, 1.54) is 0 Å². The van der Waals surface area contributed by atoms with Gasteiger partial charge in [0.05, 0.1) is 5.71 Å². The largest absolute Gasteiger partial charge is 0.484 e. The fourth-order valence-electron chi connectivity index (χ4n) is 2.00. The summed E-state index contributed by atoms with van der Waals surface area (Å²) in [6.07, 6.45) is 2.60. The minimum atomic E-state index is -0.108. The Hall–Kier alpha value is -2.04. The van der Waals surface area contributed by atoms with Crippen LogP contribution in [0.5, 0.6) is 5.75 Å². The lowest BCUT2D eigenvalue weighted by Crippen LogP contribution is -2.35. The maximum atomic E-state index is 11.7. The van der Waals surface area contributed by atoms with Crippen LogP contribution in [0.4, 0.5) is 0 Å². The minimum absolute atomic E-state index is 0.0184. The summed E-state index contributed by atoms with van der Waals surface area (Å²) in [5.74, 6) is 0.541. The van der Waals surface area contributed by atoms with Gasteiger partial charge in [0.25, 0.3) is 5.91 Å². The van der Waals surface area contributed by atoms with Crippen molar-refractivity contribution in [3.8, 4) is 5.75 Å². The maximum absolute atomic E-state index is 11.7. The van der Waals surface area contributed by atoms with Crippen molar-refractivity contribution in [2.45, 2.75) is 46.1 Å². The van der Waals surface area contributed by atoms with Crippen LogP contribution >= 0.6 is 0 Å². The highest BCUT2D eigenvalue weighted by atomic mass is 16.5. The van der Waals surface area contributed by atoms with Crippen LogP contribution in [-0.2, 0) is 11.2 Å². The molecule has 1 aromatic rings. The minimum Gasteiger partial charge on any atom is -0.484 e. The number of hydrogen-bond acceptors (Lipinski definition) is 4. The van der Waals surface area contributed by atoms with E-state index >= 15 is 0 Å². The van der Waals surface area contributed by atoms with Crippen molar-refractivity contribution < 1.29 is 14.7 Å². The van der Waals surface area contributed by atoms with Crippen molar-refractivity contribution >= 4 is 11.6 Å². The summed E-state index contributed by atoms with van der Waals surface area (Å²) in [4.78, 5) is 11.7. The van der Waals surface area contributed by atoms with E-state index in [4.69, 9.17) is 9.94 Å². The van der Waals surface area contributed by atoms with Crippen molar-refractivity contribution in [3.05, 3.63) is 29.8 Å². The second kappa shape index (κ2) is 9.00. The summed E-state index contributed by atoms with van der Waals surface area (Å²) in [5, 5.41) is 14.7. The van der Waals surface area contributed by atoms with Crippen LogP contribution in [0.1, 0.15) is 39.2 Å². The number of benzene rings is 1. The smallest absolute Gasteiger partial charge is 0.258 e. The highest BCUT2D eigenvalue weighted by molar-refractivity contribution is 5.83. The second-order valence-corrected chi connectivity index (χ2v) is 5.20. The van der Waals surface area contributed by atoms with Gasteiger partial charge in [0, 0.05) is 12.5 Å². The van der Waals surface area contributed by atoms with Crippen LogP contribution in [0.2, 0.25) is 0 Å². The first kappa shape index (κ1) is 17.0. The number of carbonyl (C=O) groups excluding carboxylic acids is 1. The highest BCUT2D eigenvalue weighted by Crippen LogP contribution is 2.13. The van der Waals surface area contributed by atoms with Crippen molar-refractivity contribution in [2.75, 3.05) is 6.61 Å². The molecule has 5 nitrogen and oxygen atoms in total. The Morgan fingerprint density at radius 3 is 2.62 bits per heavy atom. The van der Waals surface area contributed by atoms with Crippen LogP contribution in [0.25, 0.3) is 0 Å². The molecule has 1 aromatic carbocycles. The van der Waals surface area contributed by atoms with Crippen molar-refractivity contribution in [2.24, 2.45) is 5.16 Å². The molecule has 1 rings (SSSR count). The summed E-state index contributed by atoms with van der Waals surface area (Å²) in [5.41, 5.74) is 1.67. The zero-order valence-corrected chi connectivity index (χ0v) is 12.9. The molecule has 0 aromatic heterocycles. The fraction of sp³-hybridized carbons (Fsp3) is 0.500. The third-order valence-electron chi connectivity index (χ3n) is 3.05. The first-order valence-electron chi connectivity index (χ1n) is 7.23. The number of carbonyl (C=O) groups is 1. The molecule has 0 aliphatic rings. The van der Waals surface area contributed by atoms with Crippen LogP contribution in [0, 0.1) is 0 Å². The van der Waals surface area contributed by atoms with E-state index in [1.807, 2.05) is 31.2 Å². The van der Waals surface area contributed by atoms with Crippen molar-refractivity contribution in [1.29, 1.82) is 0 Å². The summed E-state index contributed by atoms with van der Waals surface area (Å²) in [6, 6.07) is 7.57. The Morgan fingerprint density at radius 1 is 1.38 bits per heavy atom. The molecule has 0 saturated heterocycles. The molecule has 2 N–H and O–H groups in total.